The molecule has 0 saturated carbocycles. The molecule has 3 rings (SSSR count). The van der Waals surface area contributed by atoms with Crippen LogP contribution in [0.1, 0.15) is 18.6 Å². The molecular formula is C17H25N3O2. The van der Waals surface area contributed by atoms with Gasteiger partial charge in [0.1, 0.15) is 5.75 Å². The van der Waals surface area contributed by atoms with Gasteiger partial charge in [-0.15, -0.1) is 0 Å². The lowest BCUT2D eigenvalue weighted by atomic mass is 10.1. The van der Waals surface area contributed by atoms with Gasteiger partial charge in [-0.3, -0.25) is 4.90 Å². The van der Waals surface area contributed by atoms with Crippen LogP contribution >= 0.6 is 0 Å². The molecule has 1 unspecified atom stereocenters. The van der Waals surface area contributed by atoms with E-state index in [-0.39, 0.29) is 0 Å². The minimum Gasteiger partial charge on any atom is -0.497 e. The Balaban J connectivity index is 1.71. The van der Waals surface area contributed by atoms with Crippen LogP contribution in [0.2, 0.25) is 0 Å². The third-order valence-corrected chi connectivity index (χ3v) is 4.62. The highest BCUT2D eigenvalue weighted by Crippen LogP contribution is 2.28. The van der Waals surface area contributed by atoms with E-state index in [9.17, 15) is 5.11 Å². The summed E-state index contributed by atoms with van der Waals surface area (Å²) in [7, 11) is 1.66. The van der Waals surface area contributed by atoms with Gasteiger partial charge >= 0.3 is 0 Å². The predicted octanol–water partition coefficient (Wildman–Crippen LogP) is 1.85. The maximum absolute atomic E-state index is 10.6. The molecule has 0 amide bonds. The number of H-pyrrole nitrogens is 1. The molecule has 1 aromatic heterocycles. The highest BCUT2D eigenvalue weighted by atomic mass is 16.5. The Kier molecular flexibility index (Phi) is 4.66. The fraction of sp³-hybridized carbons (Fsp3) is 0.529. The molecule has 2 heterocycles. The smallest absolute Gasteiger partial charge is 0.119 e. The molecule has 1 saturated heterocycles. The van der Waals surface area contributed by atoms with Gasteiger partial charge in [0.15, 0.2) is 0 Å². The fourth-order valence-corrected chi connectivity index (χ4v) is 3.15. The van der Waals surface area contributed by atoms with Crippen LogP contribution in [0.25, 0.3) is 10.9 Å². The lowest BCUT2D eigenvalue weighted by molar-refractivity contribution is 0.0750. The summed E-state index contributed by atoms with van der Waals surface area (Å²) in [5.74, 6) is 0.817. The van der Waals surface area contributed by atoms with Crippen LogP contribution in [0.3, 0.4) is 0 Å². The van der Waals surface area contributed by atoms with Crippen LogP contribution < -0.4 is 4.74 Å². The number of benzene rings is 1. The van der Waals surface area contributed by atoms with Gasteiger partial charge in [0.2, 0.25) is 0 Å². The van der Waals surface area contributed by atoms with Crippen molar-refractivity contribution in [1.29, 1.82) is 0 Å². The van der Waals surface area contributed by atoms with Gasteiger partial charge in [0.05, 0.1) is 13.2 Å². The molecule has 1 aliphatic heterocycles. The summed E-state index contributed by atoms with van der Waals surface area (Å²) < 4.78 is 5.29. The molecule has 0 spiro atoms. The van der Waals surface area contributed by atoms with Crippen LogP contribution in [-0.4, -0.2) is 66.3 Å². The van der Waals surface area contributed by atoms with Crippen molar-refractivity contribution < 1.29 is 9.84 Å². The number of fused-ring (bicyclic) bond motifs is 1. The van der Waals surface area contributed by atoms with Gasteiger partial charge < -0.3 is 19.7 Å². The normalized spacial score (nSPS) is 18.7. The summed E-state index contributed by atoms with van der Waals surface area (Å²) in [6, 6.07) is 5.91. The number of aliphatic hydroxyl groups is 1. The van der Waals surface area contributed by atoms with Crippen molar-refractivity contribution in [2.75, 3.05) is 46.4 Å². The molecule has 1 aromatic carbocycles. The zero-order valence-electron chi connectivity index (χ0n) is 13.4. The second kappa shape index (κ2) is 6.69. The minimum atomic E-state index is -0.478. The first-order valence-corrected chi connectivity index (χ1v) is 7.99. The molecule has 5 nitrogen and oxygen atoms in total. The maximum Gasteiger partial charge on any atom is 0.119 e. The molecule has 0 radical (unpaired) electrons. The molecule has 22 heavy (non-hydrogen) atoms. The molecule has 5 heteroatoms. The largest absolute Gasteiger partial charge is 0.497 e. The number of hydrogen-bond donors (Lipinski definition) is 2. The number of β-amino-alcohol motifs (C(OH)–C–C–N with tert-alkyl or cyclic N) is 1. The van der Waals surface area contributed by atoms with Crippen molar-refractivity contribution in [2.24, 2.45) is 0 Å². The average molecular weight is 303 g/mol. The number of ether oxygens (including phenoxy) is 1. The number of nitrogens with zero attached hydrogens (tertiary/aromatic N) is 2. The lowest BCUT2D eigenvalue weighted by Crippen LogP contribution is -2.47. The van der Waals surface area contributed by atoms with Gasteiger partial charge in [-0.1, -0.05) is 6.92 Å². The Labute approximate surface area is 131 Å². The van der Waals surface area contributed by atoms with Crippen LogP contribution in [0, 0.1) is 0 Å². The predicted molar refractivity (Wildman–Crippen MR) is 88.4 cm³/mol. The Morgan fingerprint density at radius 2 is 1.95 bits per heavy atom. The second-order valence-electron chi connectivity index (χ2n) is 5.91. The monoisotopic (exact) mass is 303 g/mol. The summed E-state index contributed by atoms with van der Waals surface area (Å²) >= 11 is 0. The number of likely N-dealkylation sites (N-methyl/N-ethyl adjacent to an activating group) is 1. The van der Waals surface area contributed by atoms with Crippen molar-refractivity contribution in [1.82, 2.24) is 14.8 Å². The number of rotatable bonds is 5. The van der Waals surface area contributed by atoms with Crippen molar-refractivity contribution in [3.63, 3.8) is 0 Å². The minimum absolute atomic E-state index is 0.478. The SMILES string of the molecule is CCN1CCN(CC(O)c2c[nH]c3ccc(OC)cc23)CC1. The topological polar surface area (TPSA) is 51.7 Å². The highest BCUT2D eigenvalue weighted by Gasteiger charge is 2.20. The van der Waals surface area contributed by atoms with E-state index in [1.807, 2.05) is 24.4 Å². The van der Waals surface area contributed by atoms with Gasteiger partial charge in [-0.2, -0.15) is 0 Å². The molecule has 2 N–H and O–H groups in total. The maximum atomic E-state index is 10.6. The van der Waals surface area contributed by atoms with Crippen LogP contribution in [0.4, 0.5) is 0 Å². The second-order valence-corrected chi connectivity index (χ2v) is 5.91. The molecular weight excluding hydrogens is 278 g/mol. The van der Waals surface area contributed by atoms with E-state index in [1.165, 1.54) is 0 Å². The van der Waals surface area contributed by atoms with E-state index in [0.717, 1.165) is 54.9 Å². The zero-order valence-corrected chi connectivity index (χ0v) is 13.4. The Morgan fingerprint density at radius 1 is 1.23 bits per heavy atom. The van der Waals surface area contributed by atoms with Crippen LogP contribution in [-0.2, 0) is 0 Å². The zero-order chi connectivity index (χ0) is 15.5. The first-order chi connectivity index (χ1) is 10.7. The molecule has 2 aromatic rings. The number of aromatic nitrogens is 1. The highest BCUT2D eigenvalue weighted by molar-refractivity contribution is 5.85. The van der Waals surface area contributed by atoms with E-state index < -0.39 is 6.10 Å². The van der Waals surface area contributed by atoms with Gasteiger partial charge in [-0.05, 0) is 24.7 Å². The number of nitrogens with one attached hydrogen (secondary N) is 1. The fourth-order valence-electron chi connectivity index (χ4n) is 3.15. The third kappa shape index (κ3) is 3.11. The van der Waals surface area contributed by atoms with E-state index in [1.54, 1.807) is 7.11 Å². The van der Waals surface area contributed by atoms with Gasteiger partial charge in [-0.25, -0.2) is 0 Å². The van der Waals surface area contributed by atoms with Crippen molar-refractivity contribution in [2.45, 2.75) is 13.0 Å². The summed E-state index contributed by atoms with van der Waals surface area (Å²) in [5, 5.41) is 11.7. The van der Waals surface area contributed by atoms with E-state index in [4.69, 9.17) is 4.74 Å². The molecule has 1 atom stereocenters. The standard InChI is InChI=1S/C17H25N3O2/c1-3-19-6-8-20(9-7-19)12-17(21)15-11-18-16-5-4-13(22-2)10-14(15)16/h4-5,10-11,17-18,21H,3,6-9,12H2,1-2H3. The van der Waals surface area contributed by atoms with E-state index in [0.29, 0.717) is 6.54 Å². The van der Waals surface area contributed by atoms with E-state index >= 15 is 0 Å². The number of piperazine rings is 1. The molecule has 120 valence electrons. The summed E-state index contributed by atoms with van der Waals surface area (Å²) in [4.78, 5) is 8.02. The van der Waals surface area contributed by atoms with Crippen molar-refractivity contribution in [3.8, 4) is 5.75 Å². The summed E-state index contributed by atoms with van der Waals surface area (Å²) in [5.41, 5.74) is 1.98. The quantitative estimate of drug-likeness (QED) is 0.885. The first-order valence-electron chi connectivity index (χ1n) is 7.99. The van der Waals surface area contributed by atoms with Crippen LogP contribution in [0.5, 0.6) is 5.75 Å². The summed E-state index contributed by atoms with van der Waals surface area (Å²) in [6.07, 6.45) is 1.44. The third-order valence-electron chi connectivity index (χ3n) is 4.62. The van der Waals surface area contributed by atoms with E-state index in [2.05, 4.69) is 21.7 Å². The Hall–Kier alpha value is -1.56. The Bertz CT molecular complexity index is 617. The van der Waals surface area contributed by atoms with Crippen LogP contribution in [0.15, 0.2) is 24.4 Å². The Morgan fingerprint density at radius 3 is 2.64 bits per heavy atom. The van der Waals surface area contributed by atoms with Crippen molar-refractivity contribution >= 4 is 10.9 Å². The molecule has 0 aliphatic carbocycles. The first kappa shape index (κ1) is 15.3. The average Bonchev–Trinajstić information content (AvgIpc) is 2.98. The molecule has 1 aliphatic rings. The molecule has 1 fully saturated rings. The number of hydrogen-bond acceptors (Lipinski definition) is 4. The van der Waals surface area contributed by atoms with Crippen molar-refractivity contribution in [3.05, 3.63) is 30.0 Å². The summed E-state index contributed by atoms with van der Waals surface area (Å²) in [6.45, 7) is 8.22. The number of aliphatic hydroxyl groups excluding tert-OH is 1. The lowest BCUT2D eigenvalue weighted by Gasteiger charge is -2.34. The number of aromatic amines is 1. The van der Waals surface area contributed by atoms with Gasteiger partial charge in [0, 0.05) is 55.4 Å². The molecule has 0 bridgehead atoms. The van der Waals surface area contributed by atoms with Gasteiger partial charge in [0.25, 0.3) is 0 Å². The number of methoxy groups -OCH3 is 1.